The molecular weight excluding hydrogens is 348 g/mol. The van der Waals surface area contributed by atoms with E-state index in [1.165, 1.54) is 0 Å². The van der Waals surface area contributed by atoms with E-state index in [9.17, 15) is 4.79 Å². The molecule has 0 aliphatic rings. The number of rotatable bonds is 14. The first kappa shape index (κ1) is 24.6. The summed E-state index contributed by atoms with van der Waals surface area (Å²) in [5.41, 5.74) is 0.629. The molecule has 4 heteroatoms. The average Bonchev–Trinajstić information content (AvgIpc) is 2.61. The van der Waals surface area contributed by atoms with E-state index in [-0.39, 0.29) is 12.1 Å². The maximum absolute atomic E-state index is 12.7. The van der Waals surface area contributed by atoms with Crippen LogP contribution in [0.3, 0.4) is 0 Å². The van der Waals surface area contributed by atoms with Crippen LogP contribution in [-0.4, -0.2) is 61.1 Å². The lowest BCUT2D eigenvalue weighted by Gasteiger charge is -2.33. The smallest absolute Gasteiger partial charge is 0.338 e. The van der Waals surface area contributed by atoms with Crippen molar-refractivity contribution < 1.29 is 9.53 Å². The molecule has 1 atom stereocenters. The van der Waals surface area contributed by atoms with Gasteiger partial charge in [0.15, 0.2) is 0 Å². The third-order valence-electron chi connectivity index (χ3n) is 4.53. The van der Waals surface area contributed by atoms with Gasteiger partial charge in [0, 0.05) is 26.2 Å². The van der Waals surface area contributed by atoms with Crippen molar-refractivity contribution in [3.63, 3.8) is 0 Å². The van der Waals surface area contributed by atoms with Gasteiger partial charge in [0.1, 0.15) is 6.10 Å². The molecule has 0 radical (unpaired) electrons. The summed E-state index contributed by atoms with van der Waals surface area (Å²) in [6.45, 7) is 19.1. The Morgan fingerprint density at radius 2 is 1.32 bits per heavy atom. The van der Waals surface area contributed by atoms with Gasteiger partial charge in [-0.05, 0) is 49.9 Å². The Morgan fingerprint density at radius 3 is 1.79 bits per heavy atom. The molecule has 0 aliphatic carbocycles. The molecule has 1 aromatic rings. The number of esters is 1. The van der Waals surface area contributed by atoms with Crippen molar-refractivity contribution in [2.24, 2.45) is 11.8 Å². The molecule has 0 saturated heterocycles. The highest BCUT2D eigenvalue weighted by Crippen LogP contribution is 2.11. The number of hydrogen-bond donors (Lipinski definition) is 0. The van der Waals surface area contributed by atoms with E-state index in [0.717, 1.165) is 52.1 Å². The van der Waals surface area contributed by atoms with Gasteiger partial charge in [-0.2, -0.15) is 0 Å². The molecule has 0 N–H and O–H groups in total. The Labute approximate surface area is 173 Å². The molecule has 0 spiro atoms. The first-order valence-electron chi connectivity index (χ1n) is 11.1. The van der Waals surface area contributed by atoms with Crippen molar-refractivity contribution in [2.45, 2.75) is 60.5 Å². The summed E-state index contributed by atoms with van der Waals surface area (Å²) >= 11 is 0. The second-order valence-corrected chi connectivity index (χ2v) is 8.70. The highest BCUT2D eigenvalue weighted by molar-refractivity contribution is 5.89. The van der Waals surface area contributed by atoms with Crippen LogP contribution in [-0.2, 0) is 4.74 Å². The number of ether oxygens (including phenoxy) is 1. The molecule has 1 aromatic carbocycles. The van der Waals surface area contributed by atoms with Gasteiger partial charge in [0.2, 0.25) is 0 Å². The summed E-state index contributed by atoms with van der Waals surface area (Å²) in [5, 5.41) is 0. The first-order valence-corrected chi connectivity index (χ1v) is 11.1. The minimum Gasteiger partial charge on any atom is -0.456 e. The fourth-order valence-corrected chi connectivity index (χ4v) is 3.69. The molecular formula is C24H42N2O2. The molecule has 28 heavy (non-hydrogen) atoms. The van der Waals surface area contributed by atoms with Crippen LogP contribution < -0.4 is 0 Å². The summed E-state index contributed by atoms with van der Waals surface area (Å²) in [5.74, 6) is 0.964. The summed E-state index contributed by atoms with van der Waals surface area (Å²) in [6.07, 6.45) is 2.10. The molecule has 0 aliphatic heterocycles. The van der Waals surface area contributed by atoms with E-state index in [1.54, 1.807) is 0 Å². The zero-order valence-corrected chi connectivity index (χ0v) is 19.0. The van der Waals surface area contributed by atoms with Crippen molar-refractivity contribution in [3.05, 3.63) is 35.9 Å². The molecule has 0 heterocycles. The fourth-order valence-electron chi connectivity index (χ4n) is 3.69. The first-order chi connectivity index (χ1) is 13.3. The number of carbonyl (C=O) groups is 1. The van der Waals surface area contributed by atoms with Crippen LogP contribution in [0.5, 0.6) is 0 Å². The maximum atomic E-state index is 12.7. The maximum Gasteiger partial charge on any atom is 0.338 e. The Kier molecular flexibility index (Phi) is 12.1. The third kappa shape index (κ3) is 10.2. The highest BCUT2D eigenvalue weighted by atomic mass is 16.5. The Balaban J connectivity index is 2.91. The number of nitrogens with zero attached hydrogens (tertiary/aromatic N) is 2. The van der Waals surface area contributed by atoms with Gasteiger partial charge in [-0.1, -0.05) is 59.7 Å². The van der Waals surface area contributed by atoms with Crippen LogP contribution in [0.15, 0.2) is 30.3 Å². The van der Waals surface area contributed by atoms with Crippen molar-refractivity contribution >= 4 is 5.97 Å². The molecule has 0 saturated carbocycles. The highest BCUT2D eigenvalue weighted by Gasteiger charge is 2.23. The summed E-state index contributed by atoms with van der Waals surface area (Å²) in [6, 6.07) is 9.35. The van der Waals surface area contributed by atoms with Crippen LogP contribution >= 0.6 is 0 Å². The number of carbonyl (C=O) groups excluding carboxylic acids is 1. The van der Waals surface area contributed by atoms with Crippen LogP contribution in [0.25, 0.3) is 0 Å². The van der Waals surface area contributed by atoms with E-state index in [1.807, 2.05) is 30.3 Å². The minimum atomic E-state index is -0.215. The van der Waals surface area contributed by atoms with E-state index >= 15 is 0 Å². The Bertz CT molecular complexity index is 515. The van der Waals surface area contributed by atoms with Crippen molar-refractivity contribution in [1.29, 1.82) is 0 Å². The van der Waals surface area contributed by atoms with E-state index < -0.39 is 0 Å². The standard InChI is InChI=1S/C24H42N2O2/c1-7-14-25(15-8-2)18-23(19-26(16-20(3)4)17-21(5)6)28-24(27)22-12-10-9-11-13-22/h9-13,20-21,23H,7-8,14-19H2,1-6H3. The van der Waals surface area contributed by atoms with Gasteiger partial charge in [0.25, 0.3) is 0 Å². The molecule has 0 bridgehead atoms. The van der Waals surface area contributed by atoms with E-state index in [4.69, 9.17) is 4.74 Å². The largest absolute Gasteiger partial charge is 0.456 e. The summed E-state index contributed by atoms with van der Waals surface area (Å²) < 4.78 is 6.03. The molecule has 0 amide bonds. The fraction of sp³-hybridized carbons (Fsp3) is 0.708. The molecule has 0 aromatic heterocycles. The molecule has 4 nitrogen and oxygen atoms in total. The third-order valence-corrected chi connectivity index (χ3v) is 4.53. The van der Waals surface area contributed by atoms with Crippen molar-refractivity contribution in [1.82, 2.24) is 9.80 Å². The molecule has 1 unspecified atom stereocenters. The SMILES string of the molecule is CCCN(CCC)CC(CN(CC(C)C)CC(C)C)OC(=O)c1ccccc1. The quantitative estimate of drug-likeness (QED) is 0.421. The lowest BCUT2D eigenvalue weighted by molar-refractivity contribution is 0.00664. The van der Waals surface area contributed by atoms with Gasteiger partial charge in [-0.25, -0.2) is 4.79 Å². The topological polar surface area (TPSA) is 32.8 Å². The zero-order chi connectivity index (χ0) is 20.9. The summed E-state index contributed by atoms with van der Waals surface area (Å²) in [7, 11) is 0. The molecule has 1 rings (SSSR count). The van der Waals surface area contributed by atoms with Gasteiger partial charge in [0.05, 0.1) is 5.56 Å². The zero-order valence-electron chi connectivity index (χ0n) is 19.0. The predicted molar refractivity (Wildman–Crippen MR) is 119 cm³/mol. The lowest BCUT2D eigenvalue weighted by Crippen LogP contribution is -2.45. The minimum absolute atomic E-state index is 0.122. The van der Waals surface area contributed by atoms with Crippen LogP contribution in [0.2, 0.25) is 0 Å². The lowest BCUT2D eigenvalue weighted by atomic mass is 10.1. The second kappa shape index (κ2) is 13.7. The van der Waals surface area contributed by atoms with Crippen molar-refractivity contribution in [2.75, 3.05) is 39.3 Å². The van der Waals surface area contributed by atoms with Crippen LogP contribution in [0.1, 0.15) is 64.7 Å². The Hall–Kier alpha value is -1.39. The number of benzene rings is 1. The molecule has 0 fully saturated rings. The van der Waals surface area contributed by atoms with Gasteiger partial charge in [-0.3, -0.25) is 9.80 Å². The normalized spacial score (nSPS) is 12.9. The Morgan fingerprint density at radius 1 is 0.821 bits per heavy atom. The van der Waals surface area contributed by atoms with Crippen LogP contribution in [0, 0.1) is 11.8 Å². The van der Waals surface area contributed by atoms with Gasteiger partial charge in [-0.15, -0.1) is 0 Å². The van der Waals surface area contributed by atoms with E-state index in [2.05, 4.69) is 51.3 Å². The summed E-state index contributed by atoms with van der Waals surface area (Å²) in [4.78, 5) is 17.6. The van der Waals surface area contributed by atoms with Crippen LogP contribution in [0.4, 0.5) is 0 Å². The predicted octanol–water partition coefficient (Wildman–Crippen LogP) is 4.95. The van der Waals surface area contributed by atoms with Gasteiger partial charge < -0.3 is 4.74 Å². The second-order valence-electron chi connectivity index (χ2n) is 8.70. The average molecular weight is 391 g/mol. The molecule has 160 valence electrons. The van der Waals surface area contributed by atoms with Gasteiger partial charge >= 0.3 is 5.97 Å². The van der Waals surface area contributed by atoms with E-state index in [0.29, 0.717) is 17.4 Å². The van der Waals surface area contributed by atoms with Crippen molar-refractivity contribution in [3.8, 4) is 0 Å². The monoisotopic (exact) mass is 390 g/mol. The number of hydrogen-bond acceptors (Lipinski definition) is 4.